The first-order valence-corrected chi connectivity index (χ1v) is 6.43. The Balaban J connectivity index is 2.21. The SMILES string of the molecule is O=C(CCNC(=O)c1ccsc1)NC(CO)CO. The molecule has 0 aliphatic heterocycles. The molecule has 0 aliphatic rings. The third kappa shape index (κ3) is 4.82. The molecule has 0 radical (unpaired) electrons. The topological polar surface area (TPSA) is 98.7 Å². The number of hydrogen-bond donors (Lipinski definition) is 4. The summed E-state index contributed by atoms with van der Waals surface area (Å²) in [5.41, 5.74) is 0.573. The van der Waals surface area contributed by atoms with E-state index in [2.05, 4.69) is 10.6 Å². The lowest BCUT2D eigenvalue weighted by Crippen LogP contribution is -2.41. The molecule has 0 saturated heterocycles. The fraction of sp³-hybridized carbons (Fsp3) is 0.455. The fourth-order valence-corrected chi connectivity index (χ4v) is 1.87. The van der Waals surface area contributed by atoms with Gasteiger partial charge < -0.3 is 20.8 Å². The monoisotopic (exact) mass is 272 g/mol. The Morgan fingerprint density at radius 2 is 2.06 bits per heavy atom. The second-order valence-electron chi connectivity index (χ2n) is 3.65. The maximum Gasteiger partial charge on any atom is 0.252 e. The third-order valence-electron chi connectivity index (χ3n) is 2.23. The molecule has 0 fully saturated rings. The van der Waals surface area contributed by atoms with Crippen molar-refractivity contribution in [3.8, 4) is 0 Å². The molecule has 0 saturated carbocycles. The summed E-state index contributed by atoms with van der Waals surface area (Å²) in [5.74, 6) is -0.543. The molecule has 1 rings (SSSR count). The van der Waals surface area contributed by atoms with E-state index < -0.39 is 6.04 Å². The Morgan fingerprint density at radius 3 is 2.61 bits per heavy atom. The quantitative estimate of drug-likeness (QED) is 0.529. The van der Waals surface area contributed by atoms with Gasteiger partial charge >= 0.3 is 0 Å². The van der Waals surface area contributed by atoms with E-state index in [4.69, 9.17) is 10.2 Å². The van der Waals surface area contributed by atoms with Crippen molar-refractivity contribution in [2.24, 2.45) is 0 Å². The second kappa shape index (κ2) is 7.80. The van der Waals surface area contributed by atoms with Gasteiger partial charge in [-0.15, -0.1) is 0 Å². The number of nitrogens with one attached hydrogen (secondary N) is 2. The number of aliphatic hydroxyl groups is 2. The van der Waals surface area contributed by atoms with Crippen LogP contribution in [-0.2, 0) is 4.79 Å². The number of aliphatic hydroxyl groups excluding tert-OH is 2. The van der Waals surface area contributed by atoms with Gasteiger partial charge in [0.2, 0.25) is 5.91 Å². The molecule has 0 aromatic carbocycles. The van der Waals surface area contributed by atoms with Crippen LogP contribution in [0.4, 0.5) is 0 Å². The van der Waals surface area contributed by atoms with E-state index in [1.165, 1.54) is 11.3 Å². The average molecular weight is 272 g/mol. The first-order valence-electron chi connectivity index (χ1n) is 5.49. The zero-order valence-electron chi connectivity index (χ0n) is 9.76. The number of rotatable bonds is 7. The van der Waals surface area contributed by atoms with E-state index in [0.717, 1.165) is 0 Å². The smallest absolute Gasteiger partial charge is 0.252 e. The van der Waals surface area contributed by atoms with Gasteiger partial charge in [-0.25, -0.2) is 0 Å². The van der Waals surface area contributed by atoms with Gasteiger partial charge in [-0.3, -0.25) is 9.59 Å². The van der Waals surface area contributed by atoms with Gasteiger partial charge in [0.25, 0.3) is 5.91 Å². The van der Waals surface area contributed by atoms with Crippen LogP contribution in [0.1, 0.15) is 16.8 Å². The van der Waals surface area contributed by atoms with Crippen LogP contribution in [0.5, 0.6) is 0 Å². The van der Waals surface area contributed by atoms with Crippen molar-refractivity contribution in [1.29, 1.82) is 0 Å². The van der Waals surface area contributed by atoms with Gasteiger partial charge in [0.05, 0.1) is 19.3 Å². The van der Waals surface area contributed by atoms with Crippen molar-refractivity contribution >= 4 is 23.2 Å². The molecule has 7 heteroatoms. The summed E-state index contributed by atoms with van der Waals surface area (Å²) in [7, 11) is 0. The van der Waals surface area contributed by atoms with Gasteiger partial charge in [-0.2, -0.15) is 11.3 Å². The minimum absolute atomic E-state index is 0.104. The summed E-state index contributed by atoms with van der Waals surface area (Å²) in [6.07, 6.45) is 0.104. The maximum absolute atomic E-state index is 11.5. The minimum Gasteiger partial charge on any atom is -0.394 e. The molecule has 18 heavy (non-hydrogen) atoms. The summed E-state index contributed by atoms with van der Waals surface area (Å²) >= 11 is 1.43. The lowest BCUT2D eigenvalue weighted by molar-refractivity contribution is -0.122. The molecule has 6 nitrogen and oxygen atoms in total. The van der Waals surface area contributed by atoms with Crippen LogP contribution in [0.15, 0.2) is 16.8 Å². The predicted octanol–water partition coefficient (Wildman–Crippen LogP) is -0.663. The van der Waals surface area contributed by atoms with E-state index in [-0.39, 0.29) is 38.0 Å². The van der Waals surface area contributed by atoms with Gasteiger partial charge in [0.1, 0.15) is 0 Å². The Morgan fingerprint density at radius 1 is 1.33 bits per heavy atom. The lowest BCUT2D eigenvalue weighted by Gasteiger charge is -2.13. The van der Waals surface area contributed by atoms with Gasteiger partial charge in [-0.05, 0) is 11.4 Å². The fourth-order valence-electron chi connectivity index (χ4n) is 1.23. The molecule has 0 atom stereocenters. The molecule has 0 bridgehead atoms. The normalized spacial score (nSPS) is 10.4. The Hall–Kier alpha value is -1.44. The summed E-state index contributed by atoms with van der Waals surface area (Å²) < 4.78 is 0. The Bertz CT molecular complexity index is 376. The predicted molar refractivity (Wildman–Crippen MR) is 67.4 cm³/mol. The van der Waals surface area contributed by atoms with Crippen LogP contribution in [0.3, 0.4) is 0 Å². The highest BCUT2D eigenvalue weighted by Gasteiger charge is 2.10. The van der Waals surface area contributed by atoms with Crippen molar-refractivity contribution in [3.05, 3.63) is 22.4 Å². The van der Waals surface area contributed by atoms with Crippen molar-refractivity contribution in [2.45, 2.75) is 12.5 Å². The highest BCUT2D eigenvalue weighted by molar-refractivity contribution is 7.08. The number of thiophene rings is 1. The van der Waals surface area contributed by atoms with E-state index in [0.29, 0.717) is 5.56 Å². The van der Waals surface area contributed by atoms with Crippen LogP contribution >= 0.6 is 11.3 Å². The summed E-state index contributed by atoms with van der Waals surface area (Å²) in [4.78, 5) is 22.9. The van der Waals surface area contributed by atoms with Gasteiger partial charge in [0.15, 0.2) is 0 Å². The molecule has 0 unspecified atom stereocenters. The maximum atomic E-state index is 11.5. The van der Waals surface area contributed by atoms with E-state index in [1.54, 1.807) is 16.8 Å². The van der Waals surface area contributed by atoms with Crippen LogP contribution in [0.2, 0.25) is 0 Å². The molecule has 2 amide bonds. The molecule has 1 aromatic heterocycles. The minimum atomic E-state index is -0.648. The Kier molecular flexibility index (Phi) is 6.34. The average Bonchev–Trinajstić information content (AvgIpc) is 2.89. The van der Waals surface area contributed by atoms with E-state index >= 15 is 0 Å². The molecule has 4 N–H and O–H groups in total. The van der Waals surface area contributed by atoms with Gasteiger partial charge in [-0.1, -0.05) is 0 Å². The van der Waals surface area contributed by atoms with Crippen LogP contribution in [0.25, 0.3) is 0 Å². The molecule has 1 heterocycles. The van der Waals surface area contributed by atoms with Crippen molar-refractivity contribution < 1.29 is 19.8 Å². The van der Waals surface area contributed by atoms with Crippen molar-refractivity contribution in [3.63, 3.8) is 0 Å². The first-order chi connectivity index (χ1) is 8.67. The zero-order valence-corrected chi connectivity index (χ0v) is 10.6. The van der Waals surface area contributed by atoms with Crippen LogP contribution in [-0.4, -0.2) is 47.8 Å². The van der Waals surface area contributed by atoms with Gasteiger partial charge in [0, 0.05) is 23.9 Å². The first kappa shape index (κ1) is 14.6. The van der Waals surface area contributed by atoms with E-state index in [9.17, 15) is 9.59 Å². The number of amides is 2. The second-order valence-corrected chi connectivity index (χ2v) is 4.43. The number of hydrogen-bond acceptors (Lipinski definition) is 5. The summed E-state index contributed by atoms with van der Waals surface area (Å²) in [5, 5.41) is 26.1. The molecule has 0 aliphatic carbocycles. The molecular weight excluding hydrogens is 256 g/mol. The largest absolute Gasteiger partial charge is 0.394 e. The van der Waals surface area contributed by atoms with Crippen LogP contribution in [0, 0.1) is 0 Å². The number of carbonyl (C=O) groups is 2. The third-order valence-corrected chi connectivity index (χ3v) is 2.91. The highest BCUT2D eigenvalue weighted by atomic mass is 32.1. The Labute approximate surface area is 109 Å². The van der Waals surface area contributed by atoms with Crippen molar-refractivity contribution in [1.82, 2.24) is 10.6 Å². The van der Waals surface area contributed by atoms with Crippen LogP contribution < -0.4 is 10.6 Å². The molecule has 0 spiro atoms. The number of carbonyl (C=O) groups excluding carboxylic acids is 2. The van der Waals surface area contributed by atoms with E-state index in [1.807, 2.05) is 0 Å². The standard InChI is InChI=1S/C11H16N2O4S/c14-5-9(6-15)13-10(16)1-3-12-11(17)8-2-4-18-7-8/h2,4,7,9,14-15H,1,3,5-6H2,(H,12,17)(H,13,16). The molecule has 1 aromatic rings. The summed E-state index contributed by atoms with van der Waals surface area (Å²) in [6.45, 7) is -0.420. The zero-order chi connectivity index (χ0) is 13.4. The highest BCUT2D eigenvalue weighted by Crippen LogP contribution is 2.04. The summed E-state index contributed by atoms with van der Waals surface area (Å²) in [6, 6.07) is 1.05. The molecular formula is C11H16N2O4S. The van der Waals surface area contributed by atoms with Crippen molar-refractivity contribution in [2.75, 3.05) is 19.8 Å². The lowest BCUT2D eigenvalue weighted by atomic mass is 10.3. The molecule has 100 valence electrons.